The highest BCUT2D eigenvalue weighted by Gasteiger charge is 2.14. The molecule has 0 radical (unpaired) electrons. The maximum atomic E-state index is 12.2. The number of rotatable bonds is 8. The molecule has 1 amide bonds. The molecule has 6 nitrogen and oxygen atoms in total. The summed E-state index contributed by atoms with van der Waals surface area (Å²) in [5.74, 6) is 6.02. The number of sulfonamides is 1. The van der Waals surface area contributed by atoms with Crippen LogP contribution < -0.4 is 4.72 Å². The lowest BCUT2D eigenvalue weighted by Gasteiger charge is -2.10. The number of nitrogens with one attached hydrogen (secondary N) is 1. The van der Waals surface area contributed by atoms with Crippen molar-refractivity contribution in [1.29, 1.82) is 0 Å². The van der Waals surface area contributed by atoms with Gasteiger partial charge in [-0.05, 0) is 49.2 Å². The molecule has 186 valence electrons. The summed E-state index contributed by atoms with van der Waals surface area (Å²) in [6.07, 6.45) is 5.43. The molecule has 0 saturated carbocycles. The van der Waals surface area contributed by atoms with Gasteiger partial charge in [-0.3, -0.25) is 4.79 Å². The van der Waals surface area contributed by atoms with Crippen molar-refractivity contribution in [2.75, 3.05) is 0 Å². The standard InChI is InChI=1S/C27H25Cl2N3O3S/c1-3-4-8-17-36(34,35)31-26(33)16-15-25-27(29)30-20(2)32(25)19-23-14-13-22(18-24(23)28)12-11-21-9-6-5-7-10-21/h5-10,13-18H,3-4,19H2,1-2H3,(H,31,33). The van der Waals surface area contributed by atoms with Crippen LogP contribution in [-0.4, -0.2) is 23.9 Å². The predicted molar refractivity (Wildman–Crippen MR) is 145 cm³/mol. The van der Waals surface area contributed by atoms with Crippen LogP contribution >= 0.6 is 23.2 Å². The summed E-state index contributed by atoms with van der Waals surface area (Å²) in [5, 5.41) is 1.69. The lowest BCUT2D eigenvalue weighted by atomic mass is 10.1. The molecule has 0 bridgehead atoms. The van der Waals surface area contributed by atoms with Crippen LogP contribution in [0.2, 0.25) is 10.2 Å². The van der Waals surface area contributed by atoms with Gasteiger partial charge in [0, 0.05) is 27.6 Å². The van der Waals surface area contributed by atoms with Gasteiger partial charge in [-0.15, -0.1) is 0 Å². The summed E-state index contributed by atoms with van der Waals surface area (Å²) in [7, 11) is -3.87. The van der Waals surface area contributed by atoms with Crippen molar-refractivity contribution >= 4 is 45.2 Å². The molecule has 1 heterocycles. The number of halogens is 2. The van der Waals surface area contributed by atoms with E-state index in [-0.39, 0.29) is 5.15 Å². The van der Waals surface area contributed by atoms with Gasteiger partial charge in [0.1, 0.15) is 5.82 Å². The Kier molecular flexibility index (Phi) is 9.54. The molecule has 0 aliphatic rings. The van der Waals surface area contributed by atoms with E-state index in [1.54, 1.807) is 17.6 Å². The van der Waals surface area contributed by atoms with E-state index in [0.717, 1.165) is 34.6 Å². The quantitative estimate of drug-likeness (QED) is 0.292. The summed E-state index contributed by atoms with van der Waals surface area (Å²) >= 11 is 12.8. The van der Waals surface area contributed by atoms with Crippen molar-refractivity contribution in [3.05, 3.63) is 104 Å². The fraction of sp³-hybridized carbons (Fsp3) is 0.185. The Hall–Kier alpha value is -3.31. The van der Waals surface area contributed by atoms with Gasteiger partial charge in [0.25, 0.3) is 15.9 Å². The number of aromatic nitrogens is 2. The number of unbranched alkanes of at least 4 members (excludes halogenated alkanes) is 1. The SMILES string of the molecule is CCCC=CS(=O)(=O)NC(=O)C=Cc1c(Cl)nc(C)n1Cc1ccc(C#Cc2ccccc2)cc1Cl. The number of imidazole rings is 1. The summed E-state index contributed by atoms with van der Waals surface area (Å²) in [5.41, 5.74) is 2.94. The molecule has 1 aromatic heterocycles. The third-order valence-electron chi connectivity index (χ3n) is 5.03. The van der Waals surface area contributed by atoms with Crippen molar-refractivity contribution < 1.29 is 13.2 Å². The number of hydrogen-bond donors (Lipinski definition) is 1. The Morgan fingerprint density at radius 1 is 1.11 bits per heavy atom. The molecule has 0 fully saturated rings. The highest BCUT2D eigenvalue weighted by Crippen LogP contribution is 2.24. The highest BCUT2D eigenvalue weighted by molar-refractivity contribution is 7.92. The summed E-state index contributed by atoms with van der Waals surface area (Å²) < 4.78 is 27.7. The van der Waals surface area contributed by atoms with Crippen LogP contribution in [0.1, 0.15) is 48.0 Å². The lowest BCUT2D eigenvalue weighted by Crippen LogP contribution is -2.27. The molecule has 3 rings (SSSR count). The maximum Gasteiger partial charge on any atom is 0.257 e. The molecule has 0 spiro atoms. The van der Waals surface area contributed by atoms with Crippen molar-refractivity contribution in [3.63, 3.8) is 0 Å². The summed E-state index contributed by atoms with van der Waals surface area (Å²) in [6, 6.07) is 15.2. The Morgan fingerprint density at radius 3 is 2.53 bits per heavy atom. The minimum atomic E-state index is -3.87. The van der Waals surface area contributed by atoms with Gasteiger partial charge in [0.2, 0.25) is 0 Å². The van der Waals surface area contributed by atoms with Crippen molar-refractivity contribution in [2.45, 2.75) is 33.2 Å². The second-order valence-corrected chi connectivity index (χ2v) is 10.2. The molecule has 0 atom stereocenters. The maximum absolute atomic E-state index is 12.2. The Balaban J connectivity index is 1.77. The second-order valence-electron chi connectivity index (χ2n) is 7.85. The van der Waals surface area contributed by atoms with E-state index >= 15 is 0 Å². The van der Waals surface area contributed by atoms with E-state index in [9.17, 15) is 13.2 Å². The first-order valence-corrected chi connectivity index (χ1v) is 13.5. The lowest BCUT2D eigenvalue weighted by molar-refractivity contribution is -0.114. The largest absolute Gasteiger partial charge is 0.323 e. The molecule has 1 N–H and O–H groups in total. The third kappa shape index (κ3) is 7.85. The smallest absolute Gasteiger partial charge is 0.257 e. The van der Waals surface area contributed by atoms with Gasteiger partial charge in [0.15, 0.2) is 5.15 Å². The predicted octanol–water partition coefficient (Wildman–Crippen LogP) is 5.72. The van der Waals surface area contributed by atoms with E-state index in [1.165, 1.54) is 12.2 Å². The van der Waals surface area contributed by atoms with Gasteiger partial charge in [-0.2, -0.15) is 0 Å². The first-order chi connectivity index (χ1) is 17.2. The van der Waals surface area contributed by atoms with Crippen LogP contribution in [0, 0.1) is 18.8 Å². The van der Waals surface area contributed by atoms with E-state index in [1.807, 2.05) is 54.1 Å². The van der Waals surface area contributed by atoms with E-state index in [4.69, 9.17) is 23.2 Å². The van der Waals surface area contributed by atoms with Gasteiger partial charge < -0.3 is 4.57 Å². The van der Waals surface area contributed by atoms with E-state index < -0.39 is 15.9 Å². The zero-order valence-corrected chi connectivity index (χ0v) is 22.2. The molecule has 0 aliphatic carbocycles. The number of amides is 1. The van der Waals surface area contributed by atoms with Gasteiger partial charge in [0.05, 0.1) is 12.2 Å². The van der Waals surface area contributed by atoms with Gasteiger partial charge >= 0.3 is 0 Å². The zero-order chi connectivity index (χ0) is 26.1. The topological polar surface area (TPSA) is 81.1 Å². The van der Waals surface area contributed by atoms with Crippen molar-refractivity contribution in [2.24, 2.45) is 0 Å². The zero-order valence-electron chi connectivity index (χ0n) is 19.8. The number of hydrogen-bond acceptors (Lipinski definition) is 4. The van der Waals surface area contributed by atoms with Crippen molar-refractivity contribution in [3.8, 4) is 11.8 Å². The Bertz CT molecular complexity index is 1470. The number of carbonyl (C=O) groups excluding carboxylic acids is 1. The Labute approximate surface area is 221 Å². The van der Waals surface area contributed by atoms with Crippen LogP contribution in [0.15, 0.2) is 66.1 Å². The number of allylic oxidation sites excluding steroid dienone is 1. The van der Waals surface area contributed by atoms with Crippen LogP contribution in [0.3, 0.4) is 0 Å². The summed E-state index contributed by atoms with van der Waals surface area (Å²) in [4.78, 5) is 16.5. The van der Waals surface area contributed by atoms with Gasteiger partial charge in [-0.25, -0.2) is 18.1 Å². The average molecular weight is 542 g/mol. The monoisotopic (exact) mass is 541 g/mol. The fourth-order valence-corrected chi connectivity index (χ4v) is 4.55. The van der Waals surface area contributed by atoms with Crippen LogP contribution in [0.4, 0.5) is 0 Å². The molecule has 36 heavy (non-hydrogen) atoms. The summed E-state index contributed by atoms with van der Waals surface area (Å²) in [6.45, 7) is 4.05. The molecular weight excluding hydrogens is 517 g/mol. The second kappa shape index (κ2) is 12.6. The van der Waals surface area contributed by atoms with Crippen LogP contribution in [0.25, 0.3) is 6.08 Å². The normalized spacial score (nSPS) is 11.6. The molecule has 2 aromatic carbocycles. The third-order valence-corrected chi connectivity index (χ3v) is 6.69. The Morgan fingerprint density at radius 2 is 1.83 bits per heavy atom. The number of nitrogens with zero attached hydrogens (tertiary/aromatic N) is 2. The molecular formula is C27H25Cl2N3O3S. The van der Waals surface area contributed by atoms with Crippen molar-refractivity contribution in [1.82, 2.24) is 14.3 Å². The minimum Gasteiger partial charge on any atom is -0.323 e. The number of benzene rings is 2. The number of carbonyl (C=O) groups is 1. The molecule has 3 aromatic rings. The molecule has 0 aliphatic heterocycles. The minimum absolute atomic E-state index is 0.184. The first kappa shape index (κ1) is 27.3. The van der Waals surface area contributed by atoms with E-state index in [2.05, 4.69) is 16.8 Å². The molecule has 0 saturated heterocycles. The van der Waals surface area contributed by atoms with Crippen LogP contribution in [-0.2, 0) is 21.4 Å². The highest BCUT2D eigenvalue weighted by atomic mass is 35.5. The van der Waals surface area contributed by atoms with Gasteiger partial charge in [-0.1, -0.05) is 78.7 Å². The van der Waals surface area contributed by atoms with E-state index in [0.29, 0.717) is 29.5 Å². The molecule has 9 heteroatoms. The van der Waals surface area contributed by atoms with Crippen LogP contribution in [0.5, 0.6) is 0 Å². The average Bonchev–Trinajstić information content (AvgIpc) is 3.10. The fourth-order valence-electron chi connectivity index (χ4n) is 3.22. The molecule has 0 unspecified atom stereocenters. The first-order valence-electron chi connectivity index (χ1n) is 11.2. The number of aryl methyl sites for hydroxylation is 1.